The van der Waals surface area contributed by atoms with E-state index in [4.69, 9.17) is 23.7 Å². The molecule has 9 heteroatoms. The highest BCUT2D eigenvalue weighted by Gasteiger charge is 2.62. The highest BCUT2D eigenvalue weighted by molar-refractivity contribution is 5.97. The maximum Gasteiger partial charge on any atom is 0.252 e. The molecule has 31 heavy (non-hydrogen) atoms. The second-order valence-electron chi connectivity index (χ2n) is 9.18. The summed E-state index contributed by atoms with van der Waals surface area (Å²) >= 11 is 0. The number of aryl methyl sites for hydroxylation is 1. The Morgan fingerprint density at radius 3 is 2.32 bits per heavy atom. The number of ether oxygens (including phenoxy) is 5. The SMILES string of the molecule is Cc1cccc(NC(=O)[C@H](C)NC(=O)[C@H]2O[C@@H]3OC(C)(C)O[C@H]3[C@H]3OC(C)(C)O[C@@H]32)c1. The molecular weight excluding hydrogens is 404 g/mol. The first-order chi connectivity index (χ1) is 14.4. The van der Waals surface area contributed by atoms with E-state index in [1.54, 1.807) is 40.7 Å². The summed E-state index contributed by atoms with van der Waals surface area (Å²) < 4.78 is 29.7. The fraction of sp³-hybridized carbons (Fsp3) is 0.636. The van der Waals surface area contributed by atoms with E-state index in [1.165, 1.54) is 0 Å². The summed E-state index contributed by atoms with van der Waals surface area (Å²) in [4.78, 5) is 25.6. The summed E-state index contributed by atoms with van der Waals surface area (Å²) in [5, 5.41) is 5.52. The standard InChI is InChI=1S/C22H30N2O7/c1-11-8-7-9-13(10-11)24-18(25)12(2)23-19(26)16-14-15(29-21(3,4)28-14)17-20(27-16)31-22(5,6)30-17/h7-10,12,14-17,20H,1-6H3,(H,23,26)(H,24,25)/t12-,14-,15-,16-,17-,20+/m0/s1. The Hall–Kier alpha value is -2.04. The van der Waals surface area contributed by atoms with Gasteiger partial charge in [-0.1, -0.05) is 12.1 Å². The number of carbonyl (C=O) groups is 2. The summed E-state index contributed by atoms with van der Waals surface area (Å²) in [6.07, 6.45) is -3.54. The third kappa shape index (κ3) is 4.61. The molecule has 0 aromatic heterocycles. The van der Waals surface area contributed by atoms with Crippen LogP contribution in [0.4, 0.5) is 5.69 Å². The molecule has 9 nitrogen and oxygen atoms in total. The molecule has 0 saturated carbocycles. The second kappa shape index (κ2) is 7.83. The van der Waals surface area contributed by atoms with Crippen LogP contribution in [-0.4, -0.2) is 60.1 Å². The summed E-state index contributed by atoms with van der Waals surface area (Å²) in [7, 11) is 0. The van der Waals surface area contributed by atoms with E-state index in [0.717, 1.165) is 5.56 Å². The zero-order valence-electron chi connectivity index (χ0n) is 18.6. The average Bonchev–Trinajstić information content (AvgIpc) is 3.14. The van der Waals surface area contributed by atoms with Crippen molar-refractivity contribution in [2.24, 2.45) is 0 Å². The molecule has 1 aromatic carbocycles. The van der Waals surface area contributed by atoms with Crippen molar-refractivity contribution in [2.45, 2.75) is 89.9 Å². The third-order valence-corrected chi connectivity index (χ3v) is 5.45. The molecule has 3 heterocycles. The van der Waals surface area contributed by atoms with Gasteiger partial charge in [0.1, 0.15) is 24.4 Å². The first-order valence-corrected chi connectivity index (χ1v) is 10.5. The number of benzene rings is 1. The molecular formula is C22H30N2O7. The Balaban J connectivity index is 1.45. The van der Waals surface area contributed by atoms with Crippen LogP contribution in [0.1, 0.15) is 40.2 Å². The van der Waals surface area contributed by atoms with E-state index >= 15 is 0 Å². The van der Waals surface area contributed by atoms with Crippen LogP contribution in [-0.2, 0) is 33.3 Å². The highest BCUT2D eigenvalue weighted by Crippen LogP contribution is 2.44. The Labute approximate surface area is 181 Å². The van der Waals surface area contributed by atoms with Crippen molar-refractivity contribution < 1.29 is 33.3 Å². The van der Waals surface area contributed by atoms with Gasteiger partial charge >= 0.3 is 0 Å². The number of carbonyl (C=O) groups excluding carboxylic acids is 2. The smallest absolute Gasteiger partial charge is 0.252 e. The topological polar surface area (TPSA) is 104 Å². The lowest BCUT2D eigenvalue weighted by Crippen LogP contribution is -2.60. The van der Waals surface area contributed by atoms with Crippen molar-refractivity contribution in [3.8, 4) is 0 Å². The van der Waals surface area contributed by atoms with E-state index in [2.05, 4.69) is 10.6 Å². The van der Waals surface area contributed by atoms with Crippen LogP contribution in [0.2, 0.25) is 0 Å². The van der Waals surface area contributed by atoms with E-state index in [9.17, 15) is 9.59 Å². The monoisotopic (exact) mass is 434 g/mol. The molecule has 2 amide bonds. The molecule has 2 N–H and O–H groups in total. The van der Waals surface area contributed by atoms with Gasteiger partial charge in [-0.15, -0.1) is 0 Å². The van der Waals surface area contributed by atoms with Gasteiger partial charge in [-0.2, -0.15) is 0 Å². The number of amides is 2. The quantitative estimate of drug-likeness (QED) is 0.745. The van der Waals surface area contributed by atoms with Crippen molar-refractivity contribution in [2.75, 3.05) is 5.32 Å². The van der Waals surface area contributed by atoms with Crippen LogP contribution in [0, 0.1) is 6.92 Å². The molecule has 3 aliphatic rings. The first kappa shape index (κ1) is 22.2. The molecule has 6 atom stereocenters. The van der Waals surface area contributed by atoms with Gasteiger partial charge in [-0.05, 0) is 59.2 Å². The number of fused-ring (bicyclic) bond motifs is 3. The van der Waals surface area contributed by atoms with Crippen molar-refractivity contribution in [1.29, 1.82) is 0 Å². The largest absolute Gasteiger partial charge is 0.342 e. The van der Waals surface area contributed by atoms with Crippen LogP contribution in [0.5, 0.6) is 0 Å². The van der Waals surface area contributed by atoms with Gasteiger partial charge in [0.15, 0.2) is 24.0 Å². The van der Waals surface area contributed by atoms with Crippen molar-refractivity contribution in [3.63, 3.8) is 0 Å². The Morgan fingerprint density at radius 1 is 0.968 bits per heavy atom. The Kier molecular flexibility index (Phi) is 5.60. The van der Waals surface area contributed by atoms with Crippen LogP contribution >= 0.6 is 0 Å². The summed E-state index contributed by atoms with van der Waals surface area (Å²) in [6.45, 7) is 10.6. The zero-order chi connectivity index (χ0) is 22.6. The predicted molar refractivity (Wildman–Crippen MR) is 110 cm³/mol. The molecule has 0 radical (unpaired) electrons. The molecule has 3 aliphatic heterocycles. The molecule has 170 valence electrons. The molecule has 0 unspecified atom stereocenters. The molecule has 3 saturated heterocycles. The lowest BCUT2D eigenvalue weighted by Gasteiger charge is -2.36. The van der Waals surface area contributed by atoms with Crippen molar-refractivity contribution in [1.82, 2.24) is 5.32 Å². The fourth-order valence-corrected chi connectivity index (χ4v) is 4.16. The second-order valence-corrected chi connectivity index (χ2v) is 9.18. The lowest BCUT2D eigenvalue weighted by atomic mass is 9.98. The number of anilines is 1. The van der Waals surface area contributed by atoms with Crippen molar-refractivity contribution >= 4 is 17.5 Å². The van der Waals surface area contributed by atoms with Gasteiger partial charge in [0.25, 0.3) is 5.91 Å². The highest BCUT2D eigenvalue weighted by atomic mass is 16.9. The van der Waals surface area contributed by atoms with Crippen molar-refractivity contribution in [3.05, 3.63) is 29.8 Å². The van der Waals surface area contributed by atoms with E-state index in [1.807, 2.05) is 25.1 Å². The molecule has 0 bridgehead atoms. The number of rotatable bonds is 4. The Morgan fingerprint density at radius 2 is 1.61 bits per heavy atom. The van der Waals surface area contributed by atoms with Crippen LogP contribution in [0.25, 0.3) is 0 Å². The fourth-order valence-electron chi connectivity index (χ4n) is 4.16. The summed E-state index contributed by atoms with van der Waals surface area (Å²) in [6, 6.07) is 6.64. The minimum absolute atomic E-state index is 0.338. The van der Waals surface area contributed by atoms with Gasteiger partial charge in [-0.3, -0.25) is 9.59 Å². The zero-order valence-corrected chi connectivity index (χ0v) is 18.6. The summed E-state index contributed by atoms with van der Waals surface area (Å²) in [5.41, 5.74) is 1.68. The molecule has 3 fully saturated rings. The van der Waals surface area contributed by atoms with Gasteiger partial charge in [-0.25, -0.2) is 0 Å². The first-order valence-electron chi connectivity index (χ1n) is 10.5. The molecule has 0 aliphatic carbocycles. The minimum Gasteiger partial charge on any atom is -0.342 e. The van der Waals surface area contributed by atoms with E-state index < -0.39 is 54.2 Å². The van der Waals surface area contributed by atoms with Gasteiger partial charge < -0.3 is 34.3 Å². The van der Waals surface area contributed by atoms with Crippen LogP contribution in [0.15, 0.2) is 24.3 Å². The van der Waals surface area contributed by atoms with Gasteiger partial charge in [0.05, 0.1) is 0 Å². The average molecular weight is 434 g/mol. The normalized spacial score (nSPS) is 33.8. The van der Waals surface area contributed by atoms with Crippen LogP contribution < -0.4 is 10.6 Å². The van der Waals surface area contributed by atoms with E-state index in [-0.39, 0.29) is 5.91 Å². The minimum atomic E-state index is -1.01. The van der Waals surface area contributed by atoms with E-state index in [0.29, 0.717) is 5.69 Å². The van der Waals surface area contributed by atoms with Crippen LogP contribution in [0.3, 0.4) is 0 Å². The predicted octanol–water partition coefficient (Wildman–Crippen LogP) is 1.83. The maximum absolute atomic E-state index is 13.1. The number of hydrogen-bond donors (Lipinski definition) is 2. The number of nitrogens with one attached hydrogen (secondary N) is 2. The molecule has 0 spiro atoms. The summed E-state index contributed by atoms with van der Waals surface area (Å²) in [5.74, 6) is -2.59. The molecule has 1 aromatic rings. The molecule has 4 rings (SSSR count). The maximum atomic E-state index is 13.1. The van der Waals surface area contributed by atoms with Gasteiger partial charge in [0.2, 0.25) is 5.91 Å². The number of hydrogen-bond acceptors (Lipinski definition) is 7. The lowest BCUT2D eigenvalue weighted by molar-refractivity contribution is -0.231. The Bertz CT molecular complexity index is 871. The third-order valence-electron chi connectivity index (χ3n) is 5.45. The van der Waals surface area contributed by atoms with Gasteiger partial charge in [0, 0.05) is 5.69 Å².